The van der Waals surface area contributed by atoms with Crippen molar-refractivity contribution < 1.29 is 13.9 Å². The van der Waals surface area contributed by atoms with Crippen molar-refractivity contribution in [2.24, 2.45) is 5.73 Å². The molecule has 98 valence electrons. The van der Waals surface area contributed by atoms with Crippen LogP contribution in [-0.4, -0.2) is 25.1 Å². The Kier molecular flexibility index (Phi) is 3.52. The predicted molar refractivity (Wildman–Crippen MR) is 66.1 cm³/mol. The average molecular weight is 252 g/mol. The number of halogens is 1. The maximum atomic E-state index is 13.4. The van der Waals surface area contributed by atoms with Gasteiger partial charge in [-0.05, 0) is 37.5 Å². The third kappa shape index (κ3) is 2.61. The Labute approximate surface area is 105 Å². The minimum absolute atomic E-state index is 0.126. The highest BCUT2D eigenvalue weighted by Gasteiger charge is 2.32. The number of methoxy groups -OCH3 is 1. The highest BCUT2D eigenvalue weighted by Crippen LogP contribution is 2.28. The highest BCUT2D eigenvalue weighted by atomic mass is 19.1. The Morgan fingerprint density at radius 2 is 2.28 bits per heavy atom. The first-order chi connectivity index (χ1) is 8.54. The molecule has 0 aliphatic heterocycles. The lowest BCUT2D eigenvalue weighted by molar-refractivity contribution is 0.0929. The number of benzene rings is 1. The molecule has 2 rings (SSSR count). The number of amides is 1. The van der Waals surface area contributed by atoms with Crippen molar-refractivity contribution in [2.75, 3.05) is 13.7 Å². The Bertz CT molecular complexity index is 458. The van der Waals surface area contributed by atoms with Gasteiger partial charge in [-0.15, -0.1) is 0 Å². The van der Waals surface area contributed by atoms with E-state index >= 15 is 0 Å². The lowest BCUT2D eigenvalue weighted by Crippen LogP contribution is -2.54. The van der Waals surface area contributed by atoms with Gasteiger partial charge in [0.25, 0.3) is 5.91 Å². The van der Waals surface area contributed by atoms with Crippen LogP contribution in [0, 0.1) is 5.82 Å². The molecule has 0 heterocycles. The molecule has 0 atom stereocenters. The lowest BCUT2D eigenvalue weighted by atomic mass is 9.78. The van der Waals surface area contributed by atoms with Crippen molar-refractivity contribution in [3.05, 3.63) is 29.6 Å². The zero-order chi connectivity index (χ0) is 13.2. The standard InChI is InChI=1S/C13H17FN2O2/c1-18-11-4-3-9(7-10(11)14)12(17)16-8-13(15)5-2-6-13/h3-4,7H,2,5-6,8,15H2,1H3,(H,16,17). The summed E-state index contributed by atoms with van der Waals surface area (Å²) in [6, 6.07) is 4.13. The molecule has 0 spiro atoms. The van der Waals surface area contributed by atoms with Gasteiger partial charge in [0.05, 0.1) is 7.11 Å². The van der Waals surface area contributed by atoms with E-state index in [1.165, 1.54) is 19.2 Å². The number of carbonyl (C=O) groups excluding carboxylic acids is 1. The summed E-state index contributed by atoms with van der Waals surface area (Å²) in [4.78, 5) is 11.8. The number of nitrogens with two attached hydrogens (primary N) is 1. The molecule has 0 unspecified atom stereocenters. The number of rotatable bonds is 4. The van der Waals surface area contributed by atoms with Crippen molar-refractivity contribution in [3.8, 4) is 5.75 Å². The molecular weight excluding hydrogens is 235 g/mol. The second kappa shape index (κ2) is 4.94. The minimum Gasteiger partial charge on any atom is -0.494 e. The fourth-order valence-corrected chi connectivity index (χ4v) is 1.97. The van der Waals surface area contributed by atoms with Crippen LogP contribution < -0.4 is 15.8 Å². The summed E-state index contributed by atoms with van der Waals surface area (Å²) in [6.45, 7) is 0.430. The van der Waals surface area contributed by atoms with E-state index < -0.39 is 5.82 Å². The quantitative estimate of drug-likeness (QED) is 0.852. The maximum Gasteiger partial charge on any atom is 0.251 e. The normalized spacial score (nSPS) is 16.8. The van der Waals surface area contributed by atoms with Crippen molar-refractivity contribution in [3.63, 3.8) is 0 Å². The van der Waals surface area contributed by atoms with Gasteiger partial charge in [-0.3, -0.25) is 4.79 Å². The molecular formula is C13H17FN2O2. The van der Waals surface area contributed by atoms with Crippen LogP contribution in [0.4, 0.5) is 4.39 Å². The molecule has 0 aromatic heterocycles. The molecule has 0 saturated heterocycles. The molecule has 1 aromatic carbocycles. The van der Waals surface area contributed by atoms with E-state index in [2.05, 4.69) is 5.32 Å². The number of hydrogen-bond acceptors (Lipinski definition) is 3. The first-order valence-corrected chi connectivity index (χ1v) is 5.95. The number of carbonyl (C=O) groups is 1. The van der Waals surface area contributed by atoms with Gasteiger partial charge in [-0.25, -0.2) is 4.39 Å². The van der Waals surface area contributed by atoms with E-state index in [9.17, 15) is 9.18 Å². The van der Waals surface area contributed by atoms with Crippen LogP contribution >= 0.6 is 0 Å². The predicted octanol–water partition coefficient (Wildman–Crippen LogP) is 1.45. The van der Waals surface area contributed by atoms with E-state index in [0.29, 0.717) is 6.54 Å². The van der Waals surface area contributed by atoms with Crippen molar-refractivity contribution in [1.29, 1.82) is 0 Å². The van der Waals surface area contributed by atoms with Crippen LogP contribution in [0.15, 0.2) is 18.2 Å². The summed E-state index contributed by atoms with van der Waals surface area (Å²) in [7, 11) is 1.38. The van der Waals surface area contributed by atoms with Gasteiger partial charge >= 0.3 is 0 Å². The van der Waals surface area contributed by atoms with Crippen molar-refractivity contribution in [1.82, 2.24) is 5.32 Å². The van der Waals surface area contributed by atoms with Crippen LogP contribution in [-0.2, 0) is 0 Å². The molecule has 18 heavy (non-hydrogen) atoms. The molecule has 1 aromatic rings. The number of ether oxygens (including phenoxy) is 1. The summed E-state index contributed by atoms with van der Waals surface area (Å²) < 4.78 is 18.2. The van der Waals surface area contributed by atoms with E-state index in [0.717, 1.165) is 25.3 Å². The van der Waals surface area contributed by atoms with E-state index in [1.54, 1.807) is 0 Å². The van der Waals surface area contributed by atoms with Crippen LogP contribution in [0.2, 0.25) is 0 Å². The summed E-state index contributed by atoms with van der Waals surface area (Å²) >= 11 is 0. The SMILES string of the molecule is COc1ccc(C(=O)NCC2(N)CCC2)cc1F. The summed E-state index contributed by atoms with van der Waals surface area (Å²) in [6.07, 6.45) is 2.94. The minimum atomic E-state index is -0.545. The number of hydrogen-bond donors (Lipinski definition) is 2. The Balaban J connectivity index is 1.98. The molecule has 3 N–H and O–H groups in total. The second-order valence-corrected chi connectivity index (χ2v) is 4.75. The van der Waals surface area contributed by atoms with Gasteiger partial charge in [-0.2, -0.15) is 0 Å². The molecule has 1 aliphatic carbocycles. The van der Waals surface area contributed by atoms with Crippen LogP contribution in [0.3, 0.4) is 0 Å². The Morgan fingerprint density at radius 3 is 2.78 bits per heavy atom. The first-order valence-electron chi connectivity index (χ1n) is 5.95. The van der Waals surface area contributed by atoms with E-state index in [1.807, 2.05) is 0 Å². The largest absolute Gasteiger partial charge is 0.494 e. The van der Waals surface area contributed by atoms with Crippen LogP contribution in [0.1, 0.15) is 29.6 Å². The number of nitrogens with one attached hydrogen (secondary N) is 1. The van der Waals surface area contributed by atoms with E-state index in [4.69, 9.17) is 10.5 Å². The van der Waals surface area contributed by atoms with Gasteiger partial charge in [0, 0.05) is 17.6 Å². The van der Waals surface area contributed by atoms with Gasteiger partial charge in [0.15, 0.2) is 11.6 Å². The zero-order valence-corrected chi connectivity index (χ0v) is 10.3. The molecule has 1 aliphatic rings. The van der Waals surface area contributed by atoms with E-state index in [-0.39, 0.29) is 22.8 Å². The molecule has 5 heteroatoms. The van der Waals surface area contributed by atoms with Crippen LogP contribution in [0.5, 0.6) is 5.75 Å². The van der Waals surface area contributed by atoms with Gasteiger partial charge in [0.1, 0.15) is 0 Å². The molecule has 4 nitrogen and oxygen atoms in total. The molecule has 1 amide bonds. The first kappa shape index (κ1) is 12.8. The summed E-state index contributed by atoms with van der Waals surface area (Å²) in [5.74, 6) is -0.731. The second-order valence-electron chi connectivity index (χ2n) is 4.75. The van der Waals surface area contributed by atoms with Crippen LogP contribution in [0.25, 0.3) is 0 Å². The summed E-state index contributed by atoms with van der Waals surface area (Å²) in [5.41, 5.74) is 5.99. The zero-order valence-electron chi connectivity index (χ0n) is 10.3. The molecule has 1 fully saturated rings. The molecule has 0 bridgehead atoms. The van der Waals surface area contributed by atoms with Gasteiger partial charge < -0.3 is 15.8 Å². The molecule has 1 saturated carbocycles. The van der Waals surface area contributed by atoms with Crippen molar-refractivity contribution in [2.45, 2.75) is 24.8 Å². The Morgan fingerprint density at radius 1 is 1.56 bits per heavy atom. The highest BCUT2D eigenvalue weighted by molar-refractivity contribution is 5.94. The van der Waals surface area contributed by atoms with Gasteiger partial charge in [-0.1, -0.05) is 0 Å². The average Bonchev–Trinajstić information content (AvgIpc) is 2.33. The van der Waals surface area contributed by atoms with Gasteiger partial charge in [0.2, 0.25) is 0 Å². The fourth-order valence-electron chi connectivity index (χ4n) is 1.97. The maximum absolute atomic E-state index is 13.4. The summed E-state index contributed by atoms with van der Waals surface area (Å²) in [5, 5.41) is 2.73. The topological polar surface area (TPSA) is 64.3 Å². The fraction of sp³-hybridized carbons (Fsp3) is 0.462. The Hall–Kier alpha value is -1.62. The smallest absolute Gasteiger partial charge is 0.251 e. The third-order valence-corrected chi connectivity index (χ3v) is 3.36. The lowest BCUT2D eigenvalue weighted by Gasteiger charge is -2.38. The monoisotopic (exact) mass is 252 g/mol. The van der Waals surface area contributed by atoms with Crippen molar-refractivity contribution >= 4 is 5.91 Å². The third-order valence-electron chi connectivity index (χ3n) is 3.36. The molecule has 0 radical (unpaired) electrons.